The average molecular weight is 445 g/mol. The van der Waals surface area contributed by atoms with E-state index in [4.69, 9.17) is 4.74 Å². The summed E-state index contributed by atoms with van der Waals surface area (Å²) in [6.07, 6.45) is 3.40. The standard InChI is InChI=1S/C26H28N4OS/c1-18-16-23-24(32-18)26-28-27-25(30(26)14-15-31-23)21-9-12-29(13-10-21)11-8-19-6-7-20-4-2-3-5-22(20)17-19/h2-7,16-17,21H,8-15H2,1H3. The zero-order chi connectivity index (χ0) is 21.5. The van der Waals surface area contributed by atoms with E-state index in [0.717, 1.165) is 67.7 Å². The molecule has 2 aromatic carbocycles. The Morgan fingerprint density at radius 3 is 2.72 bits per heavy atom. The second-order valence-corrected chi connectivity index (χ2v) is 10.2. The highest BCUT2D eigenvalue weighted by atomic mass is 32.1. The molecule has 0 saturated carbocycles. The van der Waals surface area contributed by atoms with Crippen LogP contribution in [0.15, 0.2) is 48.5 Å². The van der Waals surface area contributed by atoms with Crippen LogP contribution in [0.25, 0.3) is 21.5 Å². The molecular weight excluding hydrogens is 416 g/mol. The SMILES string of the molecule is Cc1cc2c(s1)-c1nnc(C3CCN(CCc4ccc5ccccc5c4)CC3)n1CCO2. The van der Waals surface area contributed by atoms with Crippen LogP contribution in [0, 0.1) is 6.92 Å². The summed E-state index contributed by atoms with van der Waals surface area (Å²) < 4.78 is 8.30. The van der Waals surface area contributed by atoms with Gasteiger partial charge in [0.1, 0.15) is 23.1 Å². The van der Waals surface area contributed by atoms with Crippen LogP contribution in [0.3, 0.4) is 0 Å². The van der Waals surface area contributed by atoms with Crippen molar-refractivity contribution in [1.29, 1.82) is 0 Å². The lowest BCUT2D eigenvalue weighted by Gasteiger charge is -2.31. The van der Waals surface area contributed by atoms with Crippen molar-refractivity contribution in [3.63, 3.8) is 0 Å². The Kier molecular flexibility index (Phi) is 5.20. The third-order valence-corrected chi connectivity index (χ3v) is 7.89. The summed E-state index contributed by atoms with van der Waals surface area (Å²) in [5, 5.41) is 11.9. The number of thiophene rings is 1. The summed E-state index contributed by atoms with van der Waals surface area (Å²) in [5.74, 6) is 3.59. The first kappa shape index (κ1) is 19.9. The molecule has 4 heterocycles. The number of aryl methyl sites for hydroxylation is 1. The lowest BCUT2D eigenvalue weighted by molar-refractivity contribution is 0.208. The summed E-state index contributed by atoms with van der Waals surface area (Å²) in [4.78, 5) is 4.99. The van der Waals surface area contributed by atoms with Crippen LogP contribution < -0.4 is 4.74 Å². The smallest absolute Gasteiger partial charge is 0.178 e. The largest absolute Gasteiger partial charge is 0.490 e. The fourth-order valence-corrected chi connectivity index (χ4v) is 6.05. The fourth-order valence-electron chi connectivity index (χ4n) is 5.10. The number of hydrogen-bond acceptors (Lipinski definition) is 5. The van der Waals surface area contributed by atoms with Gasteiger partial charge in [-0.15, -0.1) is 21.5 Å². The molecule has 4 aromatic rings. The van der Waals surface area contributed by atoms with Crippen LogP contribution in [-0.4, -0.2) is 45.9 Å². The number of rotatable bonds is 4. The molecule has 0 spiro atoms. The summed E-state index contributed by atoms with van der Waals surface area (Å²) >= 11 is 1.76. The highest BCUT2D eigenvalue weighted by Crippen LogP contribution is 2.40. The van der Waals surface area contributed by atoms with Gasteiger partial charge in [0.25, 0.3) is 0 Å². The third kappa shape index (κ3) is 3.71. The molecule has 2 aliphatic heterocycles. The number of benzene rings is 2. The monoisotopic (exact) mass is 444 g/mol. The predicted molar refractivity (Wildman–Crippen MR) is 130 cm³/mol. The Labute approximate surface area is 192 Å². The van der Waals surface area contributed by atoms with Crippen LogP contribution >= 0.6 is 11.3 Å². The van der Waals surface area contributed by atoms with Crippen LogP contribution in [0.2, 0.25) is 0 Å². The van der Waals surface area contributed by atoms with Gasteiger partial charge >= 0.3 is 0 Å². The van der Waals surface area contributed by atoms with Gasteiger partial charge in [-0.05, 0) is 61.7 Å². The van der Waals surface area contributed by atoms with E-state index < -0.39 is 0 Å². The highest BCUT2D eigenvalue weighted by molar-refractivity contribution is 7.15. The van der Waals surface area contributed by atoms with Gasteiger partial charge in [-0.25, -0.2) is 0 Å². The number of ether oxygens (including phenoxy) is 1. The second-order valence-electron chi connectivity index (χ2n) is 8.98. The molecule has 2 aromatic heterocycles. The van der Waals surface area contributed by atoms with Crippen molar-refractivity contribution in [1.82, 2.24) is 19.7 Å². The lowest BCUT2D eigenvalue weighted by atomic mass is 9.95. The molecule has 0 amide bonds. The molecule has 0 unspecified atom stereocenters. The molecule has 32 heavy (non-hydrogen) atoms. The first-order valence-electron chi connectivity index (χ1n) is 11.6. The van der Waals surface area contributed by atoms with Crippen LogP contribution in [0.4, 0.5) is 0 Å². The summed E-state index contributed by atoms with van der Waals surface area (Å²) in [6.45, 7) is 7.01. The topological polar surface area (TPSA) is 43.2 Å². The maximum absolute atomic E-state index is 5.98. The van der Waals surface area contributed by atoms with Crippen LogP contribution in [0.1, 0.15) is 35.0 Å². The normalized spacial score (nSPS) is 17.0. The van der Waals surface area contributed by atoms with Gasteiger partial charge in [0.05, 0.1) is 6.54 Å². The van der Waals surface area contributed by atoms with E-state index in [0.29, 0.717) is 12.5 Å². The Morgan fingerprint density at radius 2 is 1.84 bits per heavy atom. The molecule has 2 aliphatic rings. The first-order valence-corrected chi connectivity index (χ1v) is 12.4. The minimum Gasteiger partial charge on any atom is -0.490 e. The number of fused-ring (bicyclic) bond motifs is 4. The molecule has 1 saturated heterocycles. The van der Waals surface area contributed by atoms with Crippen molar-refractivity contribution in [2.45, 2.75) is 38.6 Å². The van der Waals surface area contributed by atoms with Gasteiger partial charge < -0.3 is 14.2 Å². The van der Waals surface area contributed by atoms with Gasteiger partial charge in [-0.3, -0.25) is 0 Å². The highest BCUT2D eigenvalue weighted by Gasteiger charge is 2.29. The van der Waals surface area contributed by atoms with E-state index in [1.54, 1.807) is 11.3 Å². The van der Waals surface area contributed by atoms with Crippen molar-refractivity contribution in [3.05, 3.63) is 64.8 Å². The molecule has 1 fully saturated rings. The van der Waals surface area contributed by atoms with Gasteiger partial charge in [0, 0.05) is 17.3 Å². The van der Waals surface area contributed by atoms with Gasteiger partial charge in [-0.1, -0.05) is 42.5 Å². The lowest BCUT2D eigenvalue weighted by Crippen LogP contribution is -2.35. The number of hydrogen-bond donors (Lipinski definition) is 0. The molecule has 0 radical (unpaired) electrons. The maximum atomic E-state index is 5.98. The van der Waals surface area contributed by atoms with Crippen molar-refractivity contribution in [3.8, 4) is 16.5 Å². The average Bonchev–Trinajstić information content (AvgIpc) is 3.37. The molecule has 6 rings (SSSR count). The van der Waals surface area contributed by atoms with Crippen molar-refractivity contribution in [2.24, 2.45) is 0 Å². The number of nitrogens with zero attached hydrogens (tertiary/aromatic N) is 4. The van der Waals surface area contributed by atoms with E-state index in [1.807, 2.05) is 0 Å². The van der Waals surface area contributed by atoms with Gasteiger partial charge in [0.2, 0.25) is 0 Å². The Balaban J connectivity index is 1.11. The summed E-state index contributed by atoms with van der Waals surface area (Å²) in [5.41, 5.74) is 1.43. The molecule has 6 heteroatoms. The van der Waals surface area contributed by atoms with E-state index in [-0.39, 0.29) is 0 Å². The van der Waals surface area contributed by atoms with Gasteiger partial charge in [0.15, 0.2) is 5.82 Å². The van der Waals surface area contributed by atoms with Crippen molar-refractivity contribution >= 4 is 22.1 Å². The van der Waals surface area contributed by atoms with Crippen LogP contribution in [0.5, 0.6) is 5.75 Å². The fraction of sp³-hybridized carbons (Fsp3) is 0.385. The van der Waals surface area contributed by atoms with Crippen molar-refractivity contribution in [2.75, 3.05) is 26.2 Å². The molecule has 0 atom stereocenters. The van der Waals surface area contributed by atoms with E-state index in [2.05, 4.69) is 75.1 Å². The second kappa shape index (κ2) is 8.34. The molecule has 0 N–H and O–H groups in total. The van der Waals surface area contributed by atoms with Gasteiger partial charge in [-0.2, -0.15) is 0 Å². The number of likely N-dealkylation sites (tertiary alicyclic amines) is 1. The Morgan fingerprint density at radius 1 is 1.00 bits per heavy atom. The zero-order valence-corrected chi connectivity index (χ0v) is 19.3. The van der Waals surface area contributed by atoms with E-state index in [9.17, 15) is 0 Å². The maximum Gasteiger partial charge on any atom is 0.178 e. The minimum atomic E-state index is 0.482. The number of piperidine rings is 1. The van der Waals surface area contributed by atoms with E-state index >= 15 is 0 Å². The number of aromatic nitrogens is 3. The Bertz CT molecular complexity index is 1250. The quantitative estimate of drug-likeness (QED) is 0.429. The molecule has 5 nitrogen and oxygen atoms in total. The molecular formula is C26H28N4OS. The molecule has 164 valence electrons. The Hall–Kier alpha value is -2.70. The third-order valence-electron chi connectivity index (χ3n) is 6.86. The minimum absolute atomic E-state index is 0.482. The summed E-state index contributed by atoms with van der Waals surface area (Å²) in [6, 6.07) is 17.6. The molecule has 0 bridgehead atoms. The first-order chi connectivity index (χ1) is 15.7. The van der Waals surface area contributed by atoms with Crippen LogP contribution in [-0.2, 0) is 13.0 Å². The zero-order valence-electron chi connectivity index (χ0n) is 18.5. The predicted octanol–water partition coefficient (Wildman–Crippen LogP) is 5.28. The summed E-state index contributed by atoms with van der Waals surface area (Å²) in [7, 11) is 0. The molecule has 0 aliphatic carbocycles. The van der Waals surface area contributed by atoms with E-state index in [1.165, 1.54) is 21.2 Å². The van der Waals surface area contributed by atoms with Crippen molar-refractivity contribution < 1.29 is 4.74 Å².